The van der Waals surface area contributed by atoms with Crippen LogP contribution >= 0.6 is 11.3 Å². The van der Waals surface area contributed by atoms with Crippen LogP contribution in [0.3, 0.4) is 0 Å². The van der Waals surface area contributed by atoms with Crippen LogP contribution in [0.4, 0.5) is 4.39 Å². The number of aryl methyl sites for hydroxylation is 1. The summed E-state index contributed by atoms with van der Waals surface area (Å²) in [5.41, 5.74) is 5.44. The quantitative estimate of drug-likeness (QED) is 0.835. The third kappa shape index (κ3) is 3.31. The van der Waals surface area contributed by atoms with Gasteiger partial charge < -0.3 is 10.5 Å². The summed E-state index contributed by atoms with van der Waals surface area (Å²) in [7, 11) is 1.33. The molecular weight excluding hydrogens is 289 g/mol. The van der Waals surface area contributed by atoms with Crippen molar-refractivity contribution in [3.05, 3.63) is 58.0 Å². The Morgan fingerprint density at radius 2 is 2.19 bits per heavy atom. The van der Waals surface area contributed by atoms with Crippen LogP contribution in [0, 0.1) is 5.82 Å². The van der Waals surface area contributed by atoms with Crippen molar-refractivity contribution in [1.29, 1.82) is 0 Å². The lowest BCUT2D eigenvalue weighted by molar-refractivity contribution is -0.147. The Balaban J connectivity index is 2.35. The number of hydrogen-bond donors (Lipinski definition) is 1. The molecule has 0 spiro atoms. The minimum atomic E-state index is -1.01. The predicted octanol–water partition coefficient (Wildman–Crippen LogP) is 2.89. The molecule has 0 saturated carbocycles. The molecule has 1 aromatic heterocycles. The second kappa shape index (κ2) is 6.83. The Morgan fingerprint density at radius 1 is 1.38 bits per heavy atom. The number of hydrogen-bond acceptors (Lipinski definition) is 4. The van der Waals surface area contributed by atoms with Crippen molar-refractivity contribution < 1.29 is 13.9 Å². The number of benzene rings is 1. The van der Waals surface area contributed by atoms with Crippen LogP contribution in [0.1, 0.15) is 16.9 Å². The van der Waals surface area contributed by atoms with Crippen LogP contribution < -0.4 is 5.73 Å². The van der Waals surface area contributed by atoms with Gasteiger partial charge in [0.05, 0.1) is 7.11 Å². The van der Waals surface area contributed by atoms with E-state index in [4.69, 9.17) is 10.5 Å². The molecule has 3 nitrogen and oxygen atoms in total. The summed E-state index contributed by atoms with van der Waals surface area (Å²) < 4.78 is 18.5. The zero-order chi connectivity index (χ0) is 15.3. The monoisotopic (exact) mass is 307 g/mol. The van der Waals surface area contributed by atoms with Gasteiger partial charge in [-0.2, -0.15) is 0 Å². The Hall–Kier alpha value is -1.72. The number of halogens is 1. The van der Waals surface area contributed by atoms with E-state index in [0.29, 0.717) is 18.4 Å². The van der Waals surface area contributed by atoms with Crippen molar-refractivity contribution in [3.8, 4) is 0 Å². The zero-order valence-electron chi connectivity index (χ0n) is 11.8. The maximum atomic E-state index is 13.5. The Labute approximate surface area is 127 Å². The third-order valence-electron chi connectivity index (χ3n) is 3.68. The van der Waals surface area contributed by atoms with Crippen molar-refractivity contribution in [2.24, 2.45) is 5.73 Å². The van der Waals surface area contributed by atoms with Gasteiger partial charge in [-0.05, 0) is 42.0 Å². The third-order valence-corrected chi connectivity index (χ3v) is 4.62. The van der Waals surface area contributed by atoms with Gasteiger partial charge in [-0.1, -0.05) is 18.2 Å². The molecule has 0 bridgehead atoms. The van der Waals surface area contributed by atoms with E-state index in [1.165, 1.54) is 19.2 Å². The summed E-state index contributed by atoms with van der Waals surface area (Å²) in [5.74, 6) is -0.808. The molecule has 1 aromatic carbocycles. The summed E-state index contributed by atoms with van der Waals surface area (Å²) in [5, 5.41) is 1.99. The highest BCUT2D eigenvalue weighted by Gasteiger charge is 2.40. The highest BCUT2D eigenvalue weighted by atomic mass is 32.1. The highest BCUT2D eigenvalue weighted by Crippen LogP contribution is 2.31. The molecule has 1 heterocycles. The summed E-state index contributed by atoms with van der Waals surface area (Å²) in [6.07, 6.45) is 1.18. The van der Waals surface area contributed by atoms with Gasteiger partial charge in [0.2, 0.25) is 0 Å². The maximum Gasteiger partial charge on any atom is 0.317 e. The first-order valence-corrected chi connectivity index (χ1v) is 7.57. The van der Waals surface area contributed by atoms with Crippen LogP contribution in [0.5, 0.6) is 0 Å². The Kier molecular flexibility index (Phi) is 5.09. The molecular formula is C16H18FNO2S. The summed E-state index contributed by atoms with van der Waals surface area (Å²) in [6, 6.07) is 9.99. The average Bonchev–Trinajstić information content (AvgIpc) is 3.01. The van der Waals surface area contributed by atoms with E-state index in [0.717, 1.165) is 4.88 Å². The number of nitrogens with two attached hydrogens (primary N) is 1. The van der Waals surface area contributed by atoms with Gasteiger partial charge in [-0.3, -0.25) is 4.79 Å². The van der Waals surface area contributed by atoms with Crippen molar-refractivity contribution in [2.75, 3.05) is 13.7 Å². The highest BCUT2D eigenvalue weighted by molar-refractivity contribution is 7.09. The van der Waals surface area contributed by atoms with Crippen LogP contribution in [0.25, 0.3) is 0 Å². The lowest BCUT2D eigenvalue weighted by Crippen LogP contribution is -2.44. The largest absolute Gasteiger partial charge is 0.468 e. The molecule has 0 aliphatic heterocycles. The summed E-state index contributed by atoms with van der Waals surface area (Å²) >= 11 is 1.62. The van der Waals surface area contributed by atoms with Crippen molar-refractivity contribution in [3.63, 3.8) is 0 Å². The van der Waals surface area contributed by atoms with Crippen molar-refractivity contribution >= 4 is 17.3 Å². The number of carbonyl (C=O) groups excluding carboxylic acids is 1. The SMILES string of the molecule is COC(=O)C(CN)(CCc1cccs1)c1cccc(F)c1. The van der Waals surface area contributed by atoms with Crippen molar-refractivity contribution in [2.45, 2.75) is 18.3 Å². The molecule has 0 saturated heterocycles. The van der Waals surface area contributed by atoms with Crippen LogP contribution in [0.15, 0.2) is 41.8 Å². The van der Waals surface area contributed by atoms with Crippen LogP contribution in [0.2, 0.25) is 0 Å². The normalized spacial score (nSPS) is 13.7. The van der Waals surface area contributed by atoms with E-state index in [1.54, 1.807) is 23.5 Å². The number of ether oxygens (including phenoxy) is 1. The average molecular weight is 307 g/mol. The maximum absolute atomic E-state index is 13.5. The second-order valence-corrected chi connectivity index (χ2v) is 5.90. The van der Waals surface area contributed by atoms with Gasteiger partial charge in [-0.15, -0.1) is 11.3 Å². The lowest BCUT2D eigenvalue weighted by atomic mass is 9.76. The first-order chi connectivity index (χ1) is 10.1. The molecule has 21 heavy (non-hydrogen) atoms. The van der Waals surface area contributed by atoms with E-state index in [9.17, 15) is 9.18 Å². The molecule has 2 aromatic rings. The standard InChI is InChI=1S/C16H18FNO2S/c1-20-15(19)16(11-18,8-7-14-6-3-9-21-14)12-4-2-5-13(17)10-12/h2-6,9-10H,7-8,11,18H2,1H3. The fourth-order valence-corrected chi connectivity index (χ4v) is 3.15. The van der Waals surface area contributed by atoms with Crippen LogP contribution in [-0.4, -0.2) is 19.6 Å². The van der Waals surface area contributed by atoms with Gasteiger partial charge in [0.25, 0.3) is 0 Å². The molecule has 5 heteroatoms. The first-order valence-electron chi connectivity index (χ1n) is 6.69. The van der Waals surface area contributed by atoms with Crippen LogP contribution in [-0.2, 0) is 21.4 Å². The van der Waals surface area contributed by atoms with E-state index in [1.807, 2.05) is 17.5 Å². The summed E-state index contributed by atoms with van der Waals surface area (Å²) in [6.45, 7) is 0.0779. The molecule has 0 aliphatic carbocycles. The van der Waals surface area contributed by atoms with Gasteiger partial charge >= 0.3 is 5.97 Å². The van der Waals surface area contributed by atoms with E-state index < -0.39 is 11.4 Å². The number of thiophene rings is 1. The van der Waals surface area contributed by atoms with Crippen molar-refractivity contribution in [1.82, 2.24) is 0 Å². The molecule has 0 fully saturated rings. The van der Waals surface area contributed by atoms with E-state index in [-0.39, 0.29) is 12.4 Å². The molecule has 2 rings (SSSR count). The lowest BCUT2D eigenvalue weighted by Gasteiger charge is -2.30. The molecule has 0 radical (unpaired) electrons. The smallest absolute Gasteiger partial charge is 0.317 e. The number of methoxy groups -OCH3 is 1. The number of carbonyl (C=O) groups is 1. The molecule has 1 unspecified atom stereocenters. The fourth-order valence-electron chi connectivity index (χ4n) is 2.44. The van der Waals surface area contributed by atoms with E-state index in [2.05, 4.69) is 0 Å². The first kappa shape index (κ1) is 15.7. The second-order valence-electron chi connectivity index (χ2n) is 4.87. The fraction of sp³-hybridized carbons (Fsp3) is 0.312. The van der Waals surface area contributed by atoms with Gasteiger partial charge in [0, 0.05) is 11.4 Å². The minimum absolute atomic E-state index is 0.0779. The van der Waals surface area contributed by atoms with Gasteiger partial charge in [-0.25, -0.2) is 4.39 Å². The van der Waals surface area contributed by atoms with E-state index >= 15 is 0 Å². The molecule has 0 amide bonds. The Bertz CT molecular complexity index is 600. The summed E-state index contributed by atoms with van der Waals surface area (Å²) in [4.78, 5) is 13.5. The number of rotatable bonds is 6. The molecule has 2 N–H and O–H groups in total. The minimum Gasteiger partial charge on any atom is -0.468 e. The number of esters is 1. The predicted molar refractivity (Wildman–Crippen MR) is 81.8 cm³/mol. The van der Waals surface area contributed by atoms with Gasteiger partial charge in [0.1, 0.15) is 11.2 Å². The topological polar surface area (TPSA) is 52.3 Å². The Morgan fingerprint density at radius 3 is 2.76 bits per heavy atom. The molecule has 112 valence electrons. The molecule has 1 atom stereocenters. The van der Waals surface area contributed by atoms with Gasteiger partial charge in [0.15, 0.2) is 0 Å². The zero-order valence-corrected chi connectivity index (χ0v) is 12.7. The molecule has 0 aliphatic rings.